The van der Waals surface area contributed by atoms with Gasteiger partial charge in [0.2, 0.25) is 10.0 Å². The molecule has 2 aromatic carbocycles. The molecule has 3 rings (SSSR count). The van der Waals surface area contributed by atoms with Gasteiger partial charge in [-0.15, -0.1) is 0 Å². The molecular weight excluding hydrogens is 505 g/mol. The van der Waals surface area contributed by atoms with Crippen molar-refractivity contribution in [3.05, 3.63) is 70.4 Å². The third kappa shape index (κ3) is 4.78. The summed E-state index contributed by atoms with van der Waals surface area (Å²) in [6.07, 6.45) is -2.73. The van der Waals surface area contributed by atoms with Crippen molar-refractivity contribution < 1.29 is 30.6 Å². The number of urea groups is 1. The molecule has 13 heteroatoms. The van der Waals surface area contributed by atoms with Crippen LogP contribution in [0.15, 0.2) is 58.6 Å². The van der Waals surface area contributed by atoms with Gasteiger partial charge in [-0.25, -0.2) is 17.5 Å². The van der Waals surface area contributed by atoms with Gasteiger partial charge >= 0.3 is 12.2 Å². The van der Waals surface area contributed by atoms with Crippen LogP contribution in [0.25, 0.3) is 0 Å². The van der Waals surface area contributed by atoms with Gasteiger partial charge in [-0.1, -0.05) is 12.1 Å². The number of hydrogen-bond donors (Lipinski definition) is 0. The molecule has 0 bridgehead atoms. The number of alkyl halides is 3. The van der Waals surface area contributed by atoms with Crippen LogP contribution in [-0.4, -0.2) is 35.5 Å². The highest BCUT2D eigenvalue weighted by atomic mass is 32.2. The molecule has 1 unspecified atom stereocenters. The average molecular weight is 523 g/mol. The molecular formula is C22H17F3N4O4S2. The van der Waals surface area contributed by atoms with E-state index >= 15 is 0 Å². The number of nitrogens with zero attached hydrogens (tertiary/aromatic N) is 4. The molecule has 0 N–H and O–H groups in total. The van der Waals surface area contributed by atoms with Crippen LogP contribution in [0.3, 0.4) is 0 Å². The summed E-state index contributed by atoms with van der Waals surface area (Å²) in [5, 5.41) is 19.2. The maximum atomic E-state index is 13.5. The highest BCUT2D eigenvalue weighted by Gasteiger charge is 2.46. The minimum absolute atomic E-state index is 0.0307. The van der Waals surface area contributed by atoms with Crippen molar-refractivity contribution >= 4 is 32.5 Å². The number of anilines is 1. The van der Waals surface area contributed by atoms with Crippen LogP contribution in [0, 0.1) is 22.7 Å². The monoisotopic (exact) mass is 522 g/mol. The Morgan fingerprint density at radius 3 is 2.26 bits per heavy atom. The first kappa shape index (κ1) is 25.9. The number of hydrogen-bond acceptors (Lipinski definition) is 6. The number of halogens is 3. The van der Waals surface area contributed by atoms with Gasteiger partial charge in [-0.2, -0.15) is 23.7 Å². The molecule has 182 valence electrons. The van der Waals surface area contributed by atoms with Crippen LogP contribution < -0.4 is 4.90 Å². The summed E-state index contributed by atoms with van der Waals surface area (Å²) >= 11 is 0. The van der Waals surface area contributed by atoms with E-state index in [4.69, 9.17) is 0 Å². The standard InChI is InChI=1S/C22H17F3N4O4S2/c1-13-18(12-27)20(17-8-7-14(11-26)9-19(17)34(2)31)29(35(3,32)33)21(30)28(13)16-6-4-5-15(10-16)22(23,24)25/h4-10,20H,1-3H3/t20-,34?/m1/s1. The van der Waals surface area contributed by atoms with E-state index in [2.05, 4.69) is 0 Å². The van der Waals surface area contributed by atoms with Crippen LogP contribution in [0.2, 0.25) is 0 Å². The highest BCUT2D eigenvalue weighted by molar-refractivity contribution is 7.89. The number of carbonyl (C=O) groups is 1. The molecule has 2 amide bonds. The van der Waals surface area contributed by atoms with E-state index in [1.54, 1.807) is 0 Å². The van der Waals surface area contributed by atoms with Gasteiger partial charge in [-0.3, -0.25) is 9.11 Å². The predicted molar refractivity (Wildman–Crippen MR) is 121 cm³/mol. The Hall–Kier alpha value is -3.68. The lowest BCUT2D eigenvalue weighted by molar-refractivity contribution is -0.137. The first-order chi connectivity index (χ1) is 16.2. The van der Waals surface area contributed by atoms with Gasteiger partial charge in [0, 0.05) is 16.8 Å². The molecule has 0 radical (unpaired) electrons. The fourth-order valence-corrected chi connectivity index (χ4v) is 5.52. The van der Waals surface area contributed by atoms with E-state index in [1.165, 1.54) is 37.4 Å². The summed E-state index contributed by atoms with van der Waals surface area (Å²) in [6.45, 7) is 1.30. The Morgan fingerprint density at radius 1 is 1.09 bits per heavy atom. The fourth-order valence-electron chi connectivity index (χ4n) is 3.75. The SMILES string of the molecule is CC1=C(C#N)[C@@H](c2ccc(C#N)cc2S(C)=O)N(S(C)(=O)=O)C(=O)N1c1cccc(C(F)(F)F)c1. The van der Waals surface area contributed by atoms with Gasteiger partial charge in [0.25, 0.3) is 0 Å². The van der Waals surface area contributed by atoms with E-state index in [1.807, 2.05) is 12.1 Å². The molecule has 0 fully saturated rings. The Kier molecular flexibility index (Phi) is 6.79. The maximum absolute atomic E-state index is 13.5. The second-order valence-electron chi connectivity index (χ2n) is 7.56. The maximum Gasteiger partial charge on any atom is 0.416 e. The molecule has 0 saturated heterocycles. The number of sulfonamides is 1. The zero-order valence-corrected chi connectivity index (χ0v) is 20.1. The van der Waals surface area contributed by atoms with E-state index in [9.17, 15) is 41.1 Å². The smallest absolute Gasteiger partial charge is 0.265 e. The number of benzene rings is 2. The lowest BCUT2D eigenvalue weighted by atomic mass is 9.94. The third-order valence-electron chi connectivity index (χ3n) is 5.27. The summed E-state index contributed by atoms with van der Waals surface area (Å²) in [5.74, 6) is 0. The van der Waals surface area contributed by atoms with Crippen LogP contribution in [0.1, 0.15) is 29.7 Å². The van der Waals surface area contributed by atoms with Crippen molar-refractivity contribution in [1.82, 2.24) is 4.31 Å². The first-order valence-electron chi connectivity index (χ1n) is 9.71. The van der Waals surface area contributed by atoms with Crippen LogP contribution in [-0.2, 0) is 27.0 Å². The van der Waals surface area contributed by atoms with Crippen molar-refractivity contribution in [3.8, 4) is 12.1 Å². The Labute approximate surface area is 202 Å². The van der Waals surface area contributed by atoms with E-state index < -0.39 is 44.6 Å². The minimum atomic E-state index is -4.73. The first-order valence-corrected chi connectivity index (χ1v) is 13.1. The normalized spacial score (nSPS) is 17.7. The molecule has 2 atom stereocenters. The predicted octanol–water partition coefficient (Wildman–Crippen LogP) is 4.05. The minimum Gasteiger partial charge on any atom is -0.265 e. The van der Waals surface area contributed by atoms with Crippen molar-refractivity contribution in [3.63, 3.8) is 0 Å². The van der Waals surface area contributed by atoms with Gasteiger partial charge in [0.05, 0.1) is 51.6 Å². The van der Waals surface area contributed by atoms with Gasteiger partial charge in [0.15, 0.2) is 0 Å². The van der Waals surface area contributed by atoms with Crippen molar-refractivity contribution in [2.75, 3.05) is 17.4 Å². The van der Waals surface area contributed by atoms with Crippen molar-refractivity contribution in [2.45, 2.75) is 24.0 Å². The lowest BCUT2D eigenvalue weighted by Crippen LogP contribution is -2.51. The highest BCUT2D eigenvalue weighted by Crippen LogP contribution is 2.43. The number of nitriles is 2. The van der Waals surface area contributed by atoms with E-state index in [-0.39, 0.29) is 33.0 Å². The largest absolute Gasteiger partial charge is 0.416 e. The Morgan fingerprint density at radius 2 is 1.74 bits per heavy atom. The molecule has 1 heterocycles. The van der Waals surface area contributed by atoms with Crippen LogP contribution in [0.5, 0.6) is 0 Å². The molecule has 2 aromatic rings. The topological polar surface area (TPSA) is 122 Å². The van der Waals surface area contributed by atoms with Gasteiger partial charge in [0.1, 0.15) is 6.04 Å². The lowest BCUT2D eigenvalue weighted by Gasteiger charge is -2.40. The molecule has 8 nitrogen and oxygen atoms in total. The van der Waals surface area contributed by atoms with Crippen LogP contribution in [0.4, 0.5) is 23.7 Å². The zero-order valence-electron chi connectivity index (χ0n) is 18.5. The second kappa shape index (κ2) is 9.17. The average Bonchev–Trinajstić information content (AvgIpc) is 2.77. The fraction of sp³-hybridized carbons (Fsp3) is 0.227. The summed E-state index contributed by atoms with van der Waals surface area (Å²) in [4.78, 5) is 14.3. The summed E-state index contributed by atoms with van der Waals surface area (Å²) in [6, 6.07) is 8.55. The molecule has 1 aliphatic heterocycles. The zero-order chi connectivity index (χ0) is 26.3. The molecule has 0 aliphatic carbocycles. The Balaban J connectivity index is 2.37. The molecule has 1 aliphatic rings. The summed E-state index contributed by atoms with van der Waals surface area (Å²) in [5.41, 5.74) is -1.57. The van der Waals surface area contributed by atoms with Crippen LogP contribution >= 0.6 is 0 Å². The van der Waals surface area contributed by atoms with E-state index in [0.717, 1.165) is 17.0 Å². The molecule has 0 saturated carbocycles. The van der Waals surface area contributed by atoms with Crippen molar-refractivity contribution in [2.24, 2.45) is 0 Å². The number of rotatable bonds is 4. The Bertz CT molecular complexity index is 1470. The number of amides is 2. The van der Waals surface area contributed by atoms with E-state index in [0.29, 0.717) is 16.6 Å². The van der Waals surface area contributed by atoms with Crippen molar-refractivity contribution in [1.29, 1.82) is 10.5 Å². The molecule has 0 aromatic heterocycles. The molecule has 0 spiro atoms. The summed E-state index contributed by atoms with van der Waals surface area (Å²) < 4.78 is 78.2. The quantitative estimate of drug-likeness (QED) is 0.597. The number of carbonyl (C=O) groups excluding carboxylic acids is 1. The number of allylic oxidation sites excluding steroid dienone is 1. The van der Waals surface area contributed by atoms with Gasteiger partial charge < -0.3 is 0 Å². The molecule has 35 heavy (non-hydrogen) atoms. The summed E-state index contributed by atoms with van der Waals surface area (Å²) in [7, 11) is -6.15. The third-order valence-corrected chi connectivity index (χ3v) is 7.32. The van der Waals surface area contributed by atoms with Gasteiger partial charge in [-0.05, 0) is 42.8 Å². The second-order valence-corrected chi connectivity index (χ2v) is 10.8.